The lowest BCUT2D eigenvalue weighted by molar-refractivity contribution is 0.0537. The molecule has 1 heterocycles. The first kappa shape index (κ1) is 8.16. The van der Waals surface area contributed by atoms with Crippen molar-refractivity contribution in [2.24, 2.45) is 0 Å². The van der Waals surface area contributed by atoms with E-state index >= 15 is 0 Å². The number of hydrogen-bond acceptors (Lipinski definition) is 4. The molecule has 0 atom stereocenters. The van der Waals surface area contributed by atoms with Crippen molar-refractivity contribution < 1.29 is 9.63 Å². The fourth-order valence-electron chi connectivity index (χ4n) is 0.658. The van der Waals surface area contributed by atoms with Gasteiger partial charge in [-0.2, -0.15) is 4.37 Å². The van der Waals surface area contributed by atoms with Gasteiger partial charge < -0.3 is 0 Å². The summed E-state index contributed by atoms with van der Waals surface area (Å²) >= 11 is 1.25. The van der Waals surface area contributed by atoms with Crippen molar-refractivity contribution in [2.45, 2.75) is 6.92 Å². The van der Waals surface area contributed by atoms with Gasteiger partial charge in [0.1, 0.15) is 0 Å². The van der Waals surface area contributed by atoms with E-state index in [0.29, 0.717) is 5.56 Å². The first-order valence-electron chi connectivity index (χ1n) is 3.00. The van der Waals surface area contributed by atoms with E-state index in [1.807, 2.05) is 0 Å². The molecule has 0 saturated carbocycles. The molecule has 1 aromatic rings. The Morgan fingerprint density at radius 3 is 3.00 bits per heavy atom. The van der Waals surface area contributed by atoms with Crippen LogP contribution >= 0.6 is 11.5 Å². The molecule has 0 fully saturated rings. The van der Waals surface area contributed by atoms with Gasteiger partial charge in [0.25, 0.3) is 5.91 Å². The van der Waals surface area contributed by atoms with Crippen molar-refractivity contribution in [3.63, 3.8) is 0 Å². The summed E-state index contributed by atoms with van der Waals surface area (Å²) < 4.78 is 3.95. The van der Waals surface area contributed by atoms with Crippen LogP contribution in [0.25, 0.3) is 0 Å². The molecular formula is C6H8N2O2S. The Hall–Kier alpha value is -0.940. The molecule has 11 heavy (non-hydrogen) atoms. The Balaban J connectivity index is 2.76. The SMILES string of the molecule is CONC(=O)c1csnc1C. The molecule has 0 aromatic carbocycles. The van der Waals surface area contributed by atoms with Crippen LogP contribution in [-0.2, 0) is 4.84 Å². The summed E-state index contributed by atoms with van der Waals surface area (Å²) in [7, 11) is 1.40. The average Bonchev–Trinajstić information content (AvgIpc) is 2.36. The zero-order valence-corrected chi connectivity index (χ0v) is 7.07. The van der Waals surface area contributed by atoms with Crippen molar-refractivity contribution in [3.05, 3.63) is 16.6 Å². The fourth-order valence-corrected chi connectivity index (χ4v) is 1.35. The Morgan fingerprint density at radius 2 is 2.55 bits per heavy atom. The quantitative estimate of drug-likeness (QED) is 0.669. The van der Waals surface area contributed by atoms with Crippen molar-refractivity contribution in [1.29, 1.82) is 0 Å². The molecule has 0 bridgehead atoms. The van der Waals surface area contributed by atoms with Gasteiger partial charge in [0, 0.05) is 5.38 Å². The molecule has 1 amide bonds. The number of nitrogens with one attached hydrogen (secondary N) is 1. The van der Waals surface area contributed by atoms with E-state index in [4.69, 9.17) is 0 Å². The van der Waals surface area contributed by atoms with Gasteiger partial charge in [-0.1, -0.05) is 0 Å². The number of aromatic nitrogens is 1. The van der Waals surface area contributed by atoms with E-state index in [-0.39, 0.29) is 5.91 Å². The lowest BCUT2D eigenvalue weighted by atomic mass is 10.3. The second-order valence-corrected chi connectivity index (χ2v) is 2.58. The van der Waals surface area contributed by atoms with Gasteiger partial charge in [0.05, 0.1) is 18.4 Å². The molecule has 5 heteroatoms. The smallest absolute Gasteiger partial charge is 0.277 e. The Bertz CT molecular complexity index is 259. The van der Waals surface area contributed by atoms with Crippen molar-refractivity contribution in [1.82, 2.24) is 9.85 Å². The van der Waals surface area contributed by atoms with Crippen molar-refractivity contribution in [2.75, 3.05) is 7.11 Å². The van der Waals surface area contributed by atoms with Crippen molar-refractivity contribution >= 4 is 17.4 Å². The van der Waals surface area contributed by atoms with Crippen LogP contribution in [0.1, 0.15) is 16.1 Å². The summed E-state index contributed by atoms with van der Waals surface area (Å²) in [6, 6.07) is 0. The maximum absolute atomic E-state index is 11.1. The van der Waals surface area contributed by atoms with Gasteiger partial charge in [-0.15, -0.1) is 0 Å². The average molecular weight is 172 g/mol. The molecule has 0 spiro atoms. The molecule has 0 unspecified atom stereocenters. The maximum Gasteiger partial charge on any atom is 0.277 e. The van der Waals surface area contributed by atoms with Gasteiger partial charge in [-0.05, 0) is 18.5 Å². The topological polar surface area (TPSA) is 51.2 Å². The third kappa shape index (κ3) is 1.75. The summed E-state index contributed by atoms with van der Waals surface area (Å²) in [5.74, 6) is -0.251. The van der Waals surface area contributed by atoms with Crippen LogP contribution in [0.4, 0.5) is 0 Å². The summed E-state index contributed by atoms with van der Waals surface area (Å²) in [5, 5.41) is 1.68. The third-order valence-corrected chi connectivity index (χ3v) is 1.91. The third-order valence-electron chi connectivity index (χ3n) is 1.19. The van der Waals surface area contributed by atoms with Crippen LogP contribution in [-0.4, -0.2) is 17.4 Å². The van der Waals surface area contributed by atoms with E-state index in [0.717, 1.165) is 5.69 Å². The highest BCUT2D eigenvalue weighted by atomic mass is 32.1. The highest BCUT2D eigenvalue weighted by Gasteiger charge is 2.09. The minimum Gasteiger partial charge on any atom is -0.277 e. The maximum atomic E-state index is 11.1. The molecule has 60 valence electrons. The van der Waals surface area contributed by atoms with Gasteiger partial charge in [-0.3, -0.25) is 9.63 Å². The Kier molecular flexibility index (Phi) is 2.56. The van der Waals surface area contributed by atoms with Gasteiger partial charge >= 0.3 is 0 Å². The fraction of sp³-hybridized carbons (Fsp3) is 0.333. The predicted molar refractivity (Wildman–Crippen MR) is 41.3 cm³/mol. The molecule has 0 aliphatic carbocycles. The largest absolute Gasteiger partial charge is 0.277 e. The molecule has 1 N–H and O–H groups in total. The zero-order valence-electron chi connectivity index (χ0n) is 6.25. The number of amides is 1. The summed E-state index contributed by atoms with van der Waals surface area (Å²) in [6.07, 6.45) is 0. The number of hydrogen-bond donors (Lipinski definition) is 1. The van der Waals surface area contributed by atoms with E-state index in [9.17, 15) is 4.79 Å². The molecule has 4 nitrogen and oxygen atoms in total. The minimum atomic E-state index is -0.251. The van der Waals surface area contributed by atoms with Crippen LogP contribution in [0.3, 0.4) is 0 Å². The number of carbonyl (C=O) groups excluding carboxylic acids is 1. The predicted octanol–water partition coefficient (Wildman–Crippen LogP) is 0.743. The monoisotopic (exact) mass is 172 g/mol. The summed E-state index contributed by atoms with van der Waals surface area (Å²) in [6.45, 7) is 1.78. The van der Waals surface area contributed by atoms with Crippen molar-refractivity contribution in [3.8, 4) is 0 Å². The van der Waals surface area contributed by atoms with Crippen LogP contribution in [0.2, 0.25) is 0 Å². The van der Waals surface area contributed by atoms with E-state index < -0.39 is 0 Å². The van der Waals surface area contributed by atoms with Gasteiger partial charge in [0.2, 0.25) is 0 Å². The standard InChI is InChI=1S/C6H8N2O2S/c1-4-5(3-11-8-4)6(9)7-10-2/h3H,1-2H3,(H,7,9). The van der Waals surface area contributed by atoms with E-state index in [1.54, 1.807) is 12.3 Å². The lowest BCUT2D eigenvalue weighted by Gasteiger charge is -1.98. The summed E-state index contributed by atoms with van der Waals surface area (Å²) in [5.41, 5.74) is 3.51. The van der Waals surface area contributed by atoms with E-state index in [1.165, 1.54) is 18.6 Å². The Labute approximate surface area is 68.3 Å². The minimum absolute atomic E-state index is 0.251. The first-order chi connectivity index (χ1) is 5.25. The molecular weight excluding hydrogens is 164 g/mol. The van der Waals surface area contributed by atoms with Crippen LogP contribution in [0, 0.1) is 6.92 Å². The highest BCUT2D eigenvalue weighted by Crippen LogP contribution is 2.08. The molecule has 0 radical (unpaired) electrons. The van der Waals surface area contributed by atoms with Crippen LogP contribution in [0.15, 0.2) is 5.38 Å². The highest BCUT2D eigenvalue weighted by molar-refractivity contribution is 7.03. The first-order valence-corrected chi connectivity index (χ1v) is 3.83. The van der Waals surface area contributed by atoms with Gasteiger partial charge in [-0.25, -0.2) is 5.48 Å². The number of carbonyl (C=O) groups is 1. The molecule has 0 aliphatic heterocycles. The molecule has 0 aliphatic rings. The molecule has 0 saturated heterocycles. The van der Waals surface area contributed by atoms with E-state index in [2.05, 4.69) is 14.7 Å². The second-order valence-electron chi connectivity index (χ2n) is 1.95. The van der Waals surface area contributed by atoms with Crippen LogP contribution in [0.5, 0.6) is 0 Å². The molecule has 1 rings (SSSR count). The zero-order chi connectivity index (χ0) is 8.27. The number of aryl methyl sites for hydroxylation is 1. The Morgan fingerprint density at radius 1 is 1.82 bits per heavy atom. The van der Waals surface area contributed by atoms with Crippen LogP contribution < -0.4 is 5.48 Å². The second kappa shape index (κ2) is 3.45. The number of nitrogens with zero attached hydrogens (tertiary/aromatic N) is 1. The number of hydroxylamine groups is 1. The molecule has 1 aromatic heterocycles. The van der Waals surface area contributed by atoms with Gasteiger partial charge in [0.15, 0.2) is 0 Å². The number of rotatable bonds is 2. The normalized spacial score (nSPS) is 9.64. The summed E-state index contributed by atoms with van der Waals surface area (Å²) in [4.78, 5) is 15.5. The lowest BCUT2D eigenvalue weighted by Crippen LogP contribution is -2.21.